The zero-order valence-electron chi connectivity index (χ0n) is 11.3. The van der Waals surface area contributed by atoms with E-state index in [2.05, 4.69) is 4.98 Å². The number of rotatable bonds is 3. The van der Waals surface area contributed by atoms with E-state index in [9.17, 15) is 9.90 Å². The molecule has 4 nitrogen and oxygen atoms in total. The topological polar surface area (TPSA) is 53.4 Å². The van der Waals surface area contributed by atoms with Gasteiger partial charge in [-0.1, -0.05) is 23.7 Å². The fourth-order valence-corrected chi connectivity index (χ4v) is 3.46. The lowest BCUT2D eigenvalue weighted by atomic mass is 10.2. The van der Waals surface area contributed by atoms with Crippen molar-refractivity contribution in [2.75, 3.05) is 13.2 Å². The first-order valence-electron chi connectivity index (χ1n) is 6.82. The highest BCUT2D eigenvalue weighted by Gasteiger charge is 2.30. The van der Waals surface area contributed by atoms with Crippen LogP contribution in [0.1, 0.15) is 23.3 Å². The second-order valence-electron chi connectivity index (χ2n) is 5.02. The molecule has 21 heavy (non-hydrogen) atoms. The number of carbonyl (C=O) groups is 1. The Morgan fingerprint density at radius 1 is 1.43 bits per heavy atom. The van der Waals surface area contributed by atoms with Gasteiger partial charge in [0.25, 0.3) is 5.91 Å². The smallest absolute Gasteiger partial charge is 0.273 e. The van der Waals surface area contributed by atoms with Crippen LogP contribution in [0.2, 0.25) is 5.02 Å². The van der Waals surface area contributed by atoms with Gasteiger partial charge in [0.15, 0.2) is 0 Å². The minimum Gasteiger partial charge on any atom is -0.394 e. The molecule has 0 bridgehead atoms. The van der Waals surface area contributed by atoms with E-state index < -0.39 is 0 Å². The molecule has 1 aliphatic rings. The van der Waals surface area contributed by atoms with Gasteiger partial charge in [-0.25, -0.2) is 4.98 Å². The number of amides is 1. The lowest BCUT2D eigenvalue weighted by molar-refractivity contribution is 0.0672. The van der Waals surface area contributed by atoms with Crippen molar-refractivity contribution in [3.63, 3.8) is 0 Å². The summed E-state index contributed by atoms with van der Waals surface area (Å²) >= 11 is 7.31. The van der Waals surface area contributed by atoms with Crippen LogP contribution in [0.3, 0.4) is 0 Å². The maximum atomic E-state index is 12.5. The van der Waals surface area contributed by atoms with Crippen LogP contribution in [-0.4, -0.2) is 40.1 Å². The average molecular weight is 323 g/mol. The average Bonchev–Trinajstić information content (AvgIpc) is 3.16. The molecule has 3 rings (SSSR count). The molecule has 1 atom stereocenters. The van der Waals surface area contributed by atoms with Gasteiger partial charge in [-0.15, -0.1) is 11.3 Å². The van der Waals surface area contributed by atoms with Crippen molar-refractivity contribution in [3.8, 4) is 10.6 Å². The standard InChI is InChI=1S/C15H15ClN2O2S/c16-11-5-3-10(4-6-11)14-17-13(9-21-14)15(20)18-7-1-2-12(18)8-19/h3-6,9,12,19H,1-2,7-8H2/t12-/m1/s1. The van der Waals surface area contributed by atoms with Crippen LogP contribution < -0.4 is 0 Å². The van der Waals surface area contributed by atoms with Crippen LogP contribution in [0.4, 0.5) is 0 Å². The van der Waals surface area contributed by atoms with E-state index in [0.29, 0.717) is 17.3 Å². The summed E-state index contributed by atoms with van der Waals surface area (Å²) in [4.78, 5) is 18.6. The van der Waals surface area contributed by atoms with E-state index in [1.54, 1.807) is 10.3 Å². The molecule has 1 aliphatic heterocycles. The Morgan fingerprint density at radius 2 is 2.19 bits per heavy atom. The van der Waals surface area contributed by atoms with Crippen LogP contribution in [0.15, 0.2) is 29.6 Å². The molecule has 0 unspecified atom stereocenters. The Kier molecular flexibility index (Phi) is 4.24. The minimum atomic E-state index is -0.0944. The second kappa shape index (κ2) is 6.13. The predicted molar refractivity (Wildman–Crippen MR) is 83.7 cm³/mol. The Balaban J connectivity index is 1.81. The van der Waals surface area contributed by atoms with Gasteiger partial charge < -0.3 is 10.0 Å². The minimum absolute atomic E-state index is 0.0138. The quantitative estimate of drug-likeness (QED) is 0.945. The molecule has 110 valence electrons. The summed E-state index contributed by atoms with van der Waals surface area (Å²) < 4.78 is 0. The summed E-state index contributed by atoms with van der Waals surface area (Å²) in [6, 6.07) is 7.33. The second-order valence-corrected chi connectivity index (χ2v) is 6.32. The number of aliphatic hydroxyl groups excluding tert-OH is 1. The molecule has 0 saturated carbocycles. The lowest BCUT2D eigenvalue weighted by Crippen LogP contribution is -2.37. The summed E-state index contributed by atoms with van der Waals surface area (Å²) in [5.41, 5.74) is 1.40. The van der Waals surface area contributed by atoms with Crippen molar-refractivity contribution in [3.05, 3.63) is 40.4 Å². The molecule has 2 heterocycles. The summed E-state index contributed by atoms with van der Waals surface area (Å²) in [6.45, 7) is 0.706. The fraction of sp³-hybridized carbons (Fsp3) is 0.333. The molecule has 0 radical (unpaired) electrons. The fourth-order valence-electron chi connectivity index (χ4n) is 2.54. The molecule has 0 spiro atoms. The van der Waals surface area contributed by atoms with Crippen LogP contribution in [-0.2, 0) is 0 Å². The van der Waals surface area contributed by atoms with Crippen LogP contribution >= 0.6 is 22.9 Å². The van der Waals surface area contributed by atoms with Crippen molar-refractivity contribution in [2.45, 2.75) is 18.9 Å². The summed E-state index contributed by atoms with van der Waals surface area (Å²) in [5, 5.41) is 12.6. The summed E-state index contributed by atoms with van der Waals surface area (Å²) in [7, 11) is 0. The Labute approximate surface area is 132 Å². The van der Waals surface area contributed by atoms with Crippen molar-refractivity contribution in [1.29, 1.82) is 0 Å². The third kappa shape index (κ3) is 2.95. The van der Waals surface area contributed by atoms with Crippen LogP contribution in [0.5, 0.6) is 0 Å². The van der Waals surface area contributed by atoms with Crippen LogP contribution in [0.25, 0.3) is 10.6 Å². The summed E-state index contributed by atoms with van der Waals surface area (Å²) in [5.74, 6) is -0.0944. The van der Waals surface area contributed by atoms with Gasteiger partial charge in [-0.2, -0.15) is 0 Å². The molecule has 1 fully saturated rings. The molecule has 1 aromatic heterocycles. The third-order valence-corrected chi connectivity index (χ3v) is 4.81. The number of halogens is 1. The maximum Gasteiger partial charge on any atom is 0.273 e. The van der Waals surface area contributed by atoms with E-state index in [0.717, 1.165) is 23.4 Å². The zero-order valence-corrected chi connectivity index (χ0v) is 12.9. The first kappa shape index (κ1) is 14.5. The molecule has 2 aromatic rings. The molecular formula is C15H15ClN2O2S. The van der Waals surface area contributed by atoms with E-state index in [4.69, 9.17) is 11.6 Å². The molecule has 1 saturated heterocycles. The van der Waals surface area contributed by atoms with Crippen molar-refractivity contribution in [1.82, 2.24) is 9.88 Å². The Hall–Kier alpha value is -1.43. The highest BCUT2D eigenvalue weighted by Crippen LogP contribution is 2.27. The van der Waals surface area contributed by atoms with Crippen molar-refractivity contribution < 1.29 is 9.90 Å². The van der Waals surface area contributed by atoms with Gasteiger partial charge >= 0.3 is 0 Å². The number of thiazole rings is 1. The van der Waals surface area contributed by atoms with E-state index in [1.165, 1.54) is 11.3 Å². The number of aliphatic hydroxyl groups is 1. The number of aromatic nitrogens is 1. The largest absolute Gasteiger partial charge is 0.394 e. The molecule has 1 aromatic carbocycles. The SMILES string of the molecule is O=C(c1csc(-c2ccc(Cl)cc2)n1)N1CCC[C@@H]1CO. The van der Waals surface area contributed by atoms with Gasteiger partial charge in [0.05, 0.1) is 12.6 Å². The van der Waals surface area contributed by atoms with Gasteiger partial charge in [0, 0.05) is 22.5 Å². The number of likely N-dealkylation sites (tertiary alicyclic amines) is 1. The molecular weight excluding hydrogens is 308 g/mol. The van der Waals surface area contributed by atoms with Gasteiger partial charge in [0.1, 0.15) is 10.7 Å². The van der Waals surface area contributed by atoms with E-state index in [-0.39, 0.29) is 18.6 Å². The van der Waals surface area contributed by atoms with Gasteiger partial charge in [0.2, 0.25) is 0 Å². The van der Waals surface area contributed by atoms with Crippen molar-refractivity contribution in [2.24, 2.45) is 0 Å². The number of hydrogen-bond donors (Lipinski definition) is 1. The molecule has 1 N–H and O–H groups in total. The number of carbonyl (C=O) groups excluding carboxylic acids is 1. The van der Waals surface area contributed by atoms with E-state index >= 15 is 0 Å². The highest BCUT2D eigenvalue weighted by atomic mass is 35.5. The highest BCUT2D eigenvalue weighted by molar-refractivity contribution is 7.13. The summed E-state index contributed by atoms with van der Waals surface area (Å²) in [6.07, 6.45) is 1.79. The zero-order chi connectivity index (χ0) is 14.8. The Morgan fingerprint density at radius 3 is 2.90 bits per heavy atom. The monoisotopic (exact) mass is 322 g/mol. The lowest BCUT2D eigenvalue weighted by Gasteiger charge is -2.21. The van der Waals surface area contributed by atoms with Crippen LogP contribution in [0, 0.1) is 0 Å². The third-order valence-electron chi connectivity index (χ3n) is 3.66. The van der Waals surface area contributed by atoms with E-state index in [1.807, 2.05) is 24.3 Å². The van der Waals surface area contributed by atoms with Gasteiger partial charge in [-0.3, -0.25) is 4.79 Å². The number of benzene rings is 1. The maximum absolute atomic E-state index is 12.5. The van der Waals surface area contributed by atoms with Crippen molar-refractivity contribution >= 4 is 28.8 Å². The first-order chi connectivity index (χ1) is 10.2. The Bertz CT molecular complexity index is 641. The molecule has 1 amide bonds. The number of nitrogens with zero attached hydrogens (tertiary/aromatic N) is 2. The predicted octanol–water partition coefficient (Wildman–Crippen LogP) is 3.06. The molecule has 0 aliphatic carbocycles. The first-order valence-corrected chi connectivity index (χ1v) is 8.08. The normalized spacial score (nSPS) is 18.2. The van der Waals surface area contributed by atoms with Gasteiger partial charge in [-0.05, 0) is 25.0 Å². The molecule has 6 heteroatoms. The number of hydrogen-bond acceptors (Lipinski definition) is 4.